The number of hydrogen-bond donors (Lipinski definition) is 1. The third kappa shape index (κ3) is 2.14. The van der Waals surface area contributed by atoms with Gasteiger partial charge >= 0.3 is 0 Å². The van der Waals surface area contributed by atoms with Gasteiger partial charge in [-0.3, -0.25) is 4.90 Å². The van der Waals surface area contributed by atoms with E-state index in [0.717, 1.165) is 13.0 Å². The van der Waals surface area contributed by atoms with Crippen LogP contribution in [0.2, 0.25) is 0 Å². The minimum absolute atomic E-state index is 0.246. The Balaban J connectivity index is 2.58. The van der Waals surface area contributed by atoms with E-state index in [4.69, 9.17) is 16.9 Å². The molecule has 0 radical (unpaired) electrons. The van der Waals surface area contributed by atoms with Crippen LogP contribution in [0.15, 0.2) is 0 Å². The Kier molecular flexibility index (Phi) is 3.18. The van der Waals surface area contributed by atoms with E-state index in [9.17, 15) is 5.11 Å². The van der Waals surface area contributed by atoms with Gasteiger partial charge in [-0.1, -0.05) is 0 Å². The first-order valence-corrected chi connectivity index (χ1v) is 4.89. The lowest BCUT2D eigenvalue weighted by Crippen LogP contribution is -2.46. The maximum absolute atomic E-state index is 9.65. The number of halogens is 1. The van der Waals surface area contributed by atoms with Crippen molar-refractivity contribution in [1.29, 1.82) is 5.26 Å². The summed E-state index contributed by atoms with van der Waals surface area (Å²) >= 11 is 5.74. The normalized spacial score (nSPS) is 29.9. The lowest BCUT2D eigenvalue weighted by atomic mass is 9.99. The van der Waals surface area contributed by atoms with Gasteiger partial charge in [-0.25, -0.2) is 0 Å². The molecule has 3 nitrogen and oxygen atoms in total. The van der Waals surface area contributed by atoms with Gasteiger partial charge in [0.25, 0.3) is 0 Å². The van der Waals surface area contributed by atoms with Gasteiger partial charge in [0.1, 0.15) is 5.38 Å². The maximum atomic E-state index is 9.65. The van der Waals surface area contributed by atoms with Crippen LogP contribution in [0.5, 0.6) is 0 Å². The quantitative estimate of drug-likeness (QED) is 0.679. The van der Waals surface area contributed by atoms with Gasteiger partial charge in [-0.2, -0.15) is 5.26 Å². The lowest BCUT2D eigenvalue weighted by molar-refractivity contribution is 0.0562. The number of hydrogen-bond acceptors (Lipinski definition) is 3. The minimum atomic E-state index is -0.482. The van der Waals surface area contributed by atoms with Crippen LogP contribution in [0.25, 0.3) is 0 Å². The highest BCUT2D eigenvalue weighted by molar-refractivity contribution is 6.22. The summed E-state index contributed by atoms with van der Waals surface area (Å²) in [6, 6.07) is 1.99. The molecule has 74 valence electrons. The van der Waals surface area contributed by atoms with Crippen LogP contribution in [0.1, 0.15) is 20.3 Å². The van der Waals surface area contributed by atoms with Gasteiger partial charge in [-0.15, -0.1) is 11.6 Å². The minimum Gasteiger partial charge on any atom is -0.391 e. The second-order valence-corrected chi connectivity index (χ2v) is 4.53. The molecule has 1 heterocycles. The molecule has 0 aromatic carbocycles. The molecule has 0 bridgehead atoms. The summed E-state index contributed by atoms with van der Waals surface area (Å²) in [6.45, 7) is 5.30. The molecule has 0 aromatic heterocycles. The molecule has 0 saturated carbocycles. The number of alkyl halides is 1. The molecule has 2 unspecified atom stereocenters. The fourth-order valence-electron chi connectivity index (χ4n) is 1.69. The highest BCUT2D eigenvalue weighted by atomic mass is 35.5. The van der Waals surface area contributed by atoms with E-state index in [1.54, 1.807) is 0 Å². The molecule has 1 aliphatic heterocycles. The van der Waals surface area contributed by atoms with E-state index in [1.807, 2.05) is 19.9 Å². The van der Waals surface area contributed by atoms with E-state index in [2.05, 4.69) is 4.90 Å². The standard InChI is InChI=1S/C9H15ClN2O/c1-9(2)8(13)3-4-12(9)6-7(10)5-11/h7-8,13H,3-4,6H2,1-2H3. The Morgan fingerprint density at radius 2 is 2.38 bits per heavy atom. The summed E-state index contributed by atoms with van der Waals surface area (Å²) in [5.41, 5.74) is -0.246. The van der Waals surface area contributed by atoms with E-state index in [0.29, 0.717) is 6.54 Å². The second kappa shape index (κ2) is 3.83. The van der Waals surface area contributed by atoms with Crippen LogP contribution in [0, 0.1) is 11.3 Å². The Hall–Kier alpha value is -0.300. The number of nitrogens with zero attached hydrogens (tertiary/aromatic N) is 2. The fourth-order valence-corrected chi connectivity index (χ4v) is 1.86. The van der Waals surface area contributed by atoms with Gasteiger partial charge in [0.15, 0.2) is 0 Å². The van der Waals surface area contributed by atoms with Crippen LogP contribution in [0.4, 0.5) is 0 Å². The van der Waals surface area contributed by atoms with E-state index >= 15 is 0 Å². The lowest BCUT2D eigenvalue weighted by Gasteiger charge is -2.33. The molecule has 1 aliphatic rings. The van der Waals surface area contributed by atoms with E-state index in [1.165, 1.54) is 0 Å². The molecule has 0 aliphatic carbocycles. The molecule has 4 heteroatoms. The first-order chi connectivity index (χ1) is 5.98. The molecule has 13 heavy (non-hydrogen) atoms. The molecular weight excluding hydrogens is 188 g/mol. The van der Waals surface area contributed by atoms with Gasteiger partial charge in [0, 0.05) is 18.6 Å². The molecule has 1 saturated heterocycles. The third-order valence-electron chi connectivity index (χ3n) is 2.82. The van der Waals surface area contributed by atoms with Crippen molar-refractivity contribution in [3.05, 3.63) is 0 Å². The monoisotopic (exact) mass is 202 g/mol. The smallest absolute Gasteiger partial charge is 0.133 e. The average molecular weight is 203 g/mol. The van der Waals surface area contributed by atoms with Crippen molar-refractivity contribution in [3.63, 3.8) is 0 Å². The first-order valence-electron chi connectivity index (χ1n) is 4.45. The van der Waals surface area contributed by atoms with Gasteiger partial charge in [0.05, 0.1) is 12.2 Å². The van der Waals surface area contributed by atoms with E-state index in [-0.39, 0.29) is 11.6 Å². The van der Waals surface area contributed by atoms with E-state index < -0.39 is 5.38 Å². The SMILES string of the molecule is CC1(C)C(O)CCN1CC(Cl)C#N. The van der Waals surface area contributed by atoms with Gasteiger partial charge in [0.2, 0.25) is 0 Å². The molecule has 1 fully saturated rings. The topological polar surface area (TPSA) is 47.3 Å². The summed E-state index contributed by atoms with van der Waals surface area (Å²) in [5.74, 6) is 0. The molecular formula is C9H15ClN2O. The summed E-state index contributed by atoms with van der Waals surface area (Å²) < 4.78 is 0. The summed E-state index contributed by atoms with van der Waals surface area (Å²) in [5, 5.41) is 17.7. The predicted octanol–water partition coefficient (Wildman–Crippen LogP) is 0.963. The second-order valence-electron chi connectivity index (χ2n) is 4.00. The average Bonchev–Trinajstić information content (AvgIpc) is 2.31. The largest absolute Gasteiger partial charge is 0.391 e. The Labute approximate surface area is 83.9 Å². The maximum Gasteiger partial charge on any atom is 0.133 e. The van der Waals surface area contributed by atoms with Crippen molar-refractivity contribution >= 4 is 11.6 Å². The van der Waals surface area contributed by atoms with Crippen LogP contribution in [0.3, 0.4) is 0 Å². The van der Waals surface area contributed by atoms with Crippen molar-refractivity contribution in [2.75, 3.05) is 13.1 Å². The summed E-state index contributed by atoms with van der Waals surface area (Å²) in [6.07, 6.45) is 0.456. The highest BCUT2D eigenvalue weighted by Gasteiger charge is 2.40. The van der Waals surface area contributed by atoms with Crippen LogP contribution in [-0.4, -0.2) is 40.1 Å². The van der Waals surface area contributed by atoms with Crippen molar-refractivity contribution < 1.29 is 5.11 Å². The van der Waals surface area contributed by atoms with Crippen LogP contribution in [-0.2, 0) is 0 Å². The number of aliphatic hydroxyl groups is 1. The molecule has 0 amide bonds. The fraction of sp³-hybridized carbons (Fsp3) is 0.889. The zero-order valence-electron chi connectivity index (χ0n) is 8.00. The molecule has 2 atom stereocenters. The summed E-state index contributed by atoms with van der Waals surface area (Å²) in [4.78, 5) is 2.07. The number of nitriles is 1. The first kappa shape index (κ1) is 10.8. The zero-order chi connectivity index (χ0) is 10.1. The molecule has 0 spiro atoms. The number of aliphatic hydroxyl groups excluding tert-OH is 1. The molecule has 0 aromatic rings. The number of rotatable bonds is 2. The molecule has 1 rings (SSSR count). The number of likely N-dealkylation sites (tertiary alicyclic amines) is 1. The van der Waals surface area contributed by atoms with Crippen LogP contribution < -0.4 is 0 Å². The Morgan fingerprint density at radius 1 is 1.77 bits per heavy atom. The van der Waals surface area contributed by atoms with Crippen molar-refractivity contribution in [1.82, 2.24) is 4.90 Å². The Morgan fingerprint density at radius 3 is 2.77 bits per heavy atom. The van der Waals surface area contributed by atoms with Gasteiger partial charge < -0.3 is 5.11 Å². The highest BCUT2D eigenvalue weighted by Crippen LogP contribution is 2.29. The Bertz CT molecular complexity index is 224. The van der Waals surface area contributed by atoms with Crippen molar-refractivity contribution in [2.45, 2.75) is 37.3 Å². The van der Waals surface area contributed by atoms with Crippen molar-refractivity contribution in [2.24, 2.45) is 0 Å². The van der Waals surface area contributed by atoms with Gasteiger partial charge in [-0.05, 0) is 20.3 Å². The van der Waals surface area contributed by atoms with Crippen LogP contribution >= 0.6 is 11.6 Å². The third-order valence-corrected chi connectivity index (χ3v) is 3.06. The van der Waals surface area contributed by atoms with Crippen molar-refractivity contribution in [3.8, 4) is 6.07 Å². The predicted molar refractivity (Wildman–Crippen MR) is 51.5 cm³/mol. The zero-order valence-corrected chi connectivity index (χ0v) is 8.75. The molecule has 1 N–H and O–H groups in total. The summed E-state index contributed by atoms with van der Waals surface area (Å²) in [7, 11) is 0.